The second-order valence-electron chi connectivity index (χ2n) is 4.10. The first-order valence-electron chi connectivity index (χ1n) is 5.84. The van der Waals surface area contributed by atoms with E-state index in [1.54, 1.807) is 5.38 Å². The van der Waals surface area contributed by atoms with E-state index in [1.165, 1.54) is 30.6 Å². The molecule has 8 heteroatoms. The number of halogens is 3. The number of ether oxygens (including phenoxy) is 1. The fraction of sp³-hybridized carbons (Fsp3) is 0.231. The van der Waals surface area contributed by atoms with Crippen molar-refractivity contribution in [2.75, 3.05) is 12.4 Å². The van der Waals surface area contributed by atoms with Crippen LogP contribution in [0.4, 0.5) is 24.0 Å². The van der Waals surface area contributed by atoms with E-state index in [2.05, 4.69) is 15.0 Å². The highest BCUT2D eigenvalue weighted by atomic mass is 32.1. The number of hydrogen-bond donors (Lipinski definition) is 1. The van der Waals surface area contributed by atoms with Gasteiger partial charge >= 0.3 is 12.1 Å². The Hall–Kier alpha value is -2.09. The van der Waals surface area contributed by atoms with Crippen molar-refractivity contribution in [3.63, 3.8) is 0 Å². The molecule has 0 atom stereocenters. The van der Waals surface area contributed by atoms with Gasteiger partial charge in [-0.15, -0.1) is 11.3 Å². The molecule has 1 aromatic carbocycles. The number of alkyl halides is 3. The van der Waals surface area contributed by atoms with E-state index in [1.807, 2.05) is 0 Å². The van der Waals surface area contributed by atoms with E-state index in [9.17, 15) is 18.0 Å². The molecule has 2 aromatic rings. The molecule has 0 saturated carbocycles. The van der Waals surface area contributed by atoms with Crippen LogP contribution in [0.25, 0.3) is 0 Å². The molecule has 0 saturated heterocycles. The minimum Gasteiger partial charge on any atom is -0.469 e. The summed E-state index contributed by atoms with van der Waals surface area (Å²) in [6.45, 7) is 0. The molecule has 2 rings (SSSR count). The lowest BCUT2D eigenvalue weighted by Crippen LogP contribution is -2.05. The van der Waals surface area contributed by atoms with Crippen LogP contribution in [0.1, 0.15) is 11.3 Å². The van der Waals surface area contributed by atoms with Crippen LogP contribution in [0.5, 0.6) is 0 Å². The quantitative estimate of drug-likeness (QED) is 0.875. The Morgan fingerprint density at radius 1 is 1.33 bits per heavy atom. The highest BCUT2D eigenvalue weighted by molar-refractivity contribution is 7.13. The maximum Gasteiger partial charge on any atom is 0.416 e. The van der Waals surface area contributed by atoms with Crippen molar-refractivity contribution in [1.29, 1.82) is 0 Å². The molecule has 0 amide bonds. The minimum atomic E-state index is -4.35. The van der Waals surface area contributed by atoms with E-state index in [-0.39, 0.29) is 6.42 Å². The molecule has 1 aromatic heterocycles. The van der Waals surface area contributed by atoms with Gasteiger partial charge in [0, 0.05) is 11.1 Å². The van der Waals surface area contributed by atoms with Gasteiger partial charge in [-0.25, -0.2) is 4.98 Å². The summed E-state index contributed by atoms with van der Waals surface area (Å²) in [6.07, 6.45) is -4.30. The van der Waals surface area contributed by atoms with Crippen LogP contribution in [-0.2, 0) is 22.1 Å². The number of methoxy groups -OCH3 is 1. The van der Waals surface area contributed by atoms with Crippen molar-refractivity contribution >= 4 is 28.1 Å². The highest BCUT2D eigenvalue weighted by Crippen LogP contribution is 2.30. The first kappa shape index (κ1) is 15.3. The molecular weight excluding hydrogens is 305 g/mol. The van der Waals surface area contributed by atoms with Crippen molar-refractivity contribution in [2.45, 2.75) is 12.6 Å². The van der Waals surface area contributed by atoms with Crippen molar-refractivity contribution in [3.8, 4) is 0 Å². The molecule has 0 radical (unpaired) electrons. The Bertz CT molecular complexity index is 623. The summed E-state index contributed by atoms with van der Waals surface area (Å²) in [4.78, 5) is 15.2. The Balaban J connectivity index is 2.03. The predicted octanol–water partition coefficient (Wildman–Crippen LogP) is 3.62. The van der Waals surface area contributed by atoms with E-state index < -0.39 is 17.7 Å². The molecule has 0 bridgehead atoms. The Morgan fingerprint density at radius 3 is 2.57 bits per heavy atom. The van der Waals surface area contributed by atoms with Crippen LogP contribution in [0.2, 0.25) is 0 Å². The maximum atomic E-state index is 12.4. The van der Waals surface area contributed by atoms with Crippen LogP contribution in [-0.4, -0.2) is 18.1 Å². The zero-order valence-corrected chi connectivity index (χ0v) is 11.7. The fourth-order valence-corrected chi connectivity index (χ4v) is 2.26. The zero-order valence-electron chi connectivity index (χ0n) is 10.9. The van der Waals surface area contributed by atoms with Crippen LogP contribution in [0.15, 0.2) is 29.6 Å². The van der Waals surface area contributed by atoms with Gasteiger partial charge in [-0.05, 0) is 24.3 Å². The Labute approximate surface area is 122 Å². The third-order valence-corrected chi connectivity index (χ3v) is 3.37. The smallest absolute Gasteiger partial charge is 0.416 e. The summed E-state index contributed by atoms with van der Waals surface area (Å²) in [6, 6.07) is 4.63. The molecule has 21 heavy (non-hydrogen) atoms. The lowest BCUT2D eigenvalue weighted by atomic mass is 10.2. The van der Waals surface area contributed by atoms with E-state index in [0.717, 1.165) is 12.1 Å². The Kier molecular flexibility index (Phi) is 4.46. The van der Waals surface area contributed by atoms with Crippen LogP contribution < -0.4 is 5.32 Å². The molecule has 112 valence electrons. The van der Waals surface area contributed by atoms with Gasteiger partial charge in [0.25, 0.3) is 0 Å². The van der Waals surface area contributed by atoms with Gasteiger partial charge < -0.3 is 10.1 Å². The summed E-state index contributed by atoms with van der Waals surface area (Å²) in [7, 11) is 1.29. The lowest BCUT2D eigenvalue weighted by Gasteiger charge is -2.07. The van der Waals surface area contributed by atoms with Crippen LogP contribution in [0, 0.1) is 0 Å². The van der Waals surface area contributed by atoms with E-state index in [0.29, 0.717) is 16.5 Å². The number of rotatable bonds is 4. The van der Waals surface area contributed by atoms with Gasteiger partial charge in [0.2, 0.25) is 0 Å². The van der Waals surface area contributed by atoms with Gasteiger partial charge in [0.05, 0.1) is 24.8 Å². The molecule has 0 aliphatic heterocycles. The van der Waals surface area contributed by atoms with Gasteiger partial charge in [-0.1, -0.05) is 0 Å². The highest BCUT2D eigenvalue weighted by Gasteiger charge is 2.29. The van der Waals surface area contributed by atoms with Crippen LogP contribution >= 0.6 is 11.3 Å². The number of anilines is 2. The van der Waals surface area contributed by atoms with E-state index >= 15 is 0 Å². The molecule has 0 spiro atoms. The first-order chi connectivity index (χ1) is 9.88. The van der Waals surface area contributed by atoms with Gasteiger partial charge in [0.1, 0.15) is 0 Å². The number of nitrogens with one attached hydrogen (secondary N) is 1. The maximum absolute atomic E-state index is 12.4. The minimum absolute atomic E-state index is 0.0572. The van der Waals surface area contributed by atoms with Crippen molar-refractivity contribution in [1.82, 2.24) is 4.98 Å². The largest absolute Gasteiger partial charge is 0.469 e. The lowest BCUT2D eigenvalue weighted by molar-refractivity contribution is -0.140. The topological polar surface area (TPSA) is 51.2 Å². The van der Waals surface area contributed by atoms with Crippen LogP contribution in [0.3, 0.4) is 0 Å². The molecule has 1 heterocycles. The van der Waals surface area contributed by atoms with Crippen molar-refractivity contribution in [3.05, 3.63) is 40.9 Å². The number of carbonyl (C=O) groups excluding carboxylic acids is 1. The second-order valence-corrected chi connectivity index (χ2v) is 4.96. The SMILES string of the molecule is COC(=O)Cc1csc(Nc2ccc(C(F)(F)F)cc2)n1. The monoisotopic (exact) mass is 316 g/mol. The summed E-state index contributed by atoms with van der Waals surface area (Å²) in [5.41, 5.74) is 0.321. The molecule has 0 fully saturated rings. The number of thiazole rings is 1. The van der Waals surface area contributed by atoms with Gasteiger partial charge in [-0.2, -0.15) is 13.2 Å². The van der Waals surface area contributed by atoms with Crippen molar-refractivity contribution < 1.29 is 22.7 Å². The van der Waals surface area contributed by atoms with Crippen molar-refractivity contribution in [2.24, 2.45) is 0 Å². The molecule has 0 aliphatic carbocycles. The summed E-state index contributed by atoms with van der Waals surface area (Å²) < 4.78 is 41.8. The molecular formula is C13H11F3N2O2S. The second kappa shape index (κ2) is 6.13. The summed E-state index contributed by atoms with van der Waals surface area (Å²) >= 11 is 1.25. The first-order valence-corrected chi connectivity index (χ1v) is 6.72. The predicted molar refractivity (Wildman–Crippen MR) is 72.6 cm³/mol. The number of hydrogen-bond acceptors (Lipinski definition) is 5. The molecule has 1 N–H and O–H groups in total. The molecule has 0 aliphatic rings. The van der Waals surface area contributed by atoms with Gasteiger partial charge in [-0.3, -0.25) is 4.79 Å². The standard InChI is InChI=1S/C13H11F3N2O2S/c1-20-11(19)6-10-7-21-12(18-10)17-9-4-2-8(3-5-9)13(14,15)16/h2-5,7H,6H2,1H3,(H,17,18). The number of nitrogens with zero attached hydrogens (tertiary/aromatic N) is 1. The average Bonchev–Trinajstić information content (AvgIpc) is 2.85. The molecule has 4 nitrogen and oxygen atoms in total. The Morgan fingerprint density at radius 2 is 2.00 bits per heavy atom. The van der Waals surface area contributed by atoms with E-state index in [4.69, 9.17) is 0 Å². The number of aromatic nitrogens is 1. The number of benzene rings is 1. The fourth-order valence-electron chi connectivity index (χ4n) is 1.53. The summed E-state index contributed by atoms with van der Waals surface area (Å²) in [5.74, 6) is -0.401. The average molecular weight is 316 g/mol. The normalized spacial score (nSPS) is 11.2. The third-order valence-electron chi connectivity index (χ3n) is 2.57. The number of esters is 1. The van der Waals surface area contributed by atoms with Gasteiger partial charge in [0.15, 0.2) is 5.13 Å². The third kappa shape index (κ3) is 4.19. The number of carbonyl (C=O) groups is 1. The summed E-state index contributed by atoms with van der Waals surface area (Å²) in [5, 5.41) is 5.06. The zero-order chi connectivity index (χ0) is 15.5. The molecule has 0 unspecified atom stereocenters.